The van der Waals surface area contributed by atoms with E-state index in [1.807, 2.05) is 18.3 Å². The smallest absolute Gasteiger partial charge is 0.267 e. The average Bonchev–Trinajstić information content (AvgIpc) is 3.22. The highest BCUT2D eigenvalue weighted by molar-refractivity contribution is 7.17. The number of aromatic nitrogens is 3. The molecule has 7 heteroatoms. The Labute approximate surface area is 165 Å². The third-order valence-electron chi connectivity index (χ3n) is 4.46. The minimum absolute atomic E-state index is 0.253. The van der Waals surface area contributed by atoms with Gasteiger partial charge < -0.3 is 9.88 Å². The van der Waals surface area contributed by atoms with Crippen molar-refractivity contribution >= 4 is 34.0 Å². The van der Waals surface area contributed by atoms with E-state index in [0.29, 0.717) is 16.3 Å². The van der Waals surface area contributed by atoms with Crippen LogP contribution in [0.4, 0.5) is 10.1 Å². The number of halogens is 1. The number of aryl methyl sites for hydroxylation is 1. The molecule has 0 spiro atoms. The molecule has 3 aromatic heterocycles. The Morgan fingerprint density at radius 2 is 2.07 bits per heavy atom. The van der Waals surface area contributed by atoms with Gasteiger partial charge in [0, 0.05) is 35.1 Å². The van der Waals surface area contributed by atoms with Crippen LogP contribution in [0.5, 0.6) is 0 Å². The number of hydrogen-bond donors (Lipinski definition) is 1. The fourth-order valence-corrected chi connectivity index (χ4v) is 4.11. The number of fused-ring (bicyclic) bond motifs is 1. The molecule has 0 unspecified atom stereocenters. The summed E-state index contributed by atoms with van der Waals surface area (Å²) < 4.78 is 15.5. The quantitative estimate of drug-likeness (QED) is 0.501. The molecule has 0 atom stereocenters. The van der Waals surface area contributed by atoms with E-state index in [-0.39, 0.29) is 11.9 Å². The zero-order chi connectivity index (χ0) is 19.8. The summed E-state index contributed by atoms with van der Waals surface area (Å²) in [6.07, 6.45) is 3.81. The van der Waals surface area contributed by atoms with Gasteiger partial charge in [-0.3, -0.25) is 4.79 Å². The van der Waals surface area contributed by atoms with Gasteiger partial charge in [0.25, 0.3) is 5.91 Å². The molecule has 5 nitrogen and oxygen atoms in total. The van der Waals surface area contributed by atoms with Crippen molar-refractivity contribution in [1.29, 1.82) is 0 Å². The van der Waals surface area contributed by atoms with Crippen LogP contribution in [0.3, 0.4) is 0 Å². The van der Waals surface area contributed by atoms with E-state index >= 15 is 0 Å². The van der Waals surface area contributed by atoms with Gasteiger partial charge in [0.05, 0.1) is 5.69 Å². The molecule has 0 saturated heterocycles. The van der Waals surface area contributed by atoms with E-state index in [9.17, 15) is 9.18 Å². The van der Waals surface area contributed by atoms with Gasteiger partial charge in [0.2, 0.25) is 0 Å². The molecule has 1 N–H and O–H groups in total. The number of amides is 1. The molecule has 28 heavy (non-hydrogen) atoms. The van der Waals surface area contributed by atoms with Gasteiger partial charge in [0.1, 0.15) is 21.3 Å². The van der Waals surface area contributed by atoms with Crippen molar-refractivity contribution in [1.82, 2.24) is 14.5 Å². The molecule has 1 amide bonds. The van der Waals surface area contributed by atoms with Crippen molar-refractivity contribution in [3.8, 4) is 10.6 Å². The molecule has 4 rings (SSSR count). The topological polar surface area (TPSA) is 59.8 Å². The summed E-state index contributed by atoms with van der Waals surface area (Å²) in [5.41, 5.74) is 2.91. The molecule has 3 heterocycles. The number of anilines is 1. The molecule has 4 aromatic rings. The molecule has 0 fully saturated rings. The van der Waals surface area contributed by atoms with Crippen LogP contribution in [0.15, 0.2) is 48.8 Å². The van der Waals surface area contributed by atoms with Gasteiger partial charge in [-0.2, -0.15) is 0 Å². The first-order valence-corrected chi connectivity index (χ1v) is 9.76. The predicted molar refractivity (Wildman–Crippen MR) is 110 cm³/mol. The van der Waals surface area contributed by atoms with Crippen LogP contribution in [0, 0.1) is 12.7 Å². The van der Waals surface area contributed by atoms with Crippen molar-refractivity contribution < 1.29 is 9.18 Å². The van der Waals surface area contributed by atoms with Crippen LogP contribution in [0.1, 0.15) is 35.3 Å². The monoisotopic (exact) mass is 394 g/mol. The summed E-state index contributed by atoms with van der Waals surface area (Å²) >= 11 is 1.33. The van der Waals surface area contributed by atoms with Crippen molar-refractivity contribution in [3.05, 3.63) is 65.2 Å². The average molecular weight is 394 g/mol. The molecule has 0 aliphatic rings. The Morgan fingerprint density at radius 1 is 1.25 bits per heavy atom. The molecule has 0 aliphatic carbocycles. The minimum Gasteiger partial charge on any atom is -0.329 e. The number of hydrogen-bond acceptors (Lipinski definition) is 4. The second kappa shape index (κ2) is 7.16. The molecule has 1 aromatic carbocycles. The van der Waals surface area contributed by atoms with Crippen LogP contribution < -0.4 is 5.32 Å². The zero-order valence-corrected chi connectivity index (χ0v) is 16.5. The minimum atomic E-state index is -0.395. The number of pyridine rings is 1. The second-order valence-electron chi connectivity index (χ2n) is 6.82. The third-order valence-corrected chi connectivity index (χ3v) is 5.65. The summed E-state index contributed by atoms with van der Waals surface area (Å²) in [7, 11) is 0. The van der Waals surface area contributed by atoms with E-state index in [1.165, 1.54) is 23.5 Å². The summed E-state index contributed by atoms with van der Waals surface area (Å²) in [4.78, 5) is 22.3. The van der Waals surface area contributed by atoms with Gasteiger partial charge in [-0.05, 0) is 51.1 Å². The Bertz CT molecular complexity index is 1180. The van der Waals surface area contributed by atoms with Crippen LogP contribution in [-0.2, 0) is 0 Å². The van der Waals surface area contributed by atoms with E-state index < -0.39 is 5.82 Å². The first-order chi connectivity index (χ1) is 13.4. The zero-order valence-electron chi connectivity index (χ0n) is 15.7. The number of rotatable bonds is 4. The third kappa shape index (κ3) is 3.29. The van der Waals surface area contributed by atoms with E-state index in [0.717, 1.165) is 21.6 Å². The van der Waals surface area contributed by atoms with Gasteiger partial charge >= 0.3 is 0 Å². The lowest BCUT2D eigenvalue weighted by atomic mass is 10.2. The number of carbonyl (C=O) groups is 1. The van der Waals surface area contributed by atoms with Crippen LogP contribution in [-0.4, -0.2) is 20.4 Å². The van der Waals surface area contributed by atoms with E-state index in [2.05, 4.69) is 33.7 Å². The highest BCUT2D eigenvalue weighted by Crippen LogP contribution is 2.35. The van der Waals surface area contributed by atoms with Crippen LogP contribution >= 0.6 is 11.3 Å². The largest absolute Gasteiger partial charge is 0.329 e. The van der Waals surface area contributed by atoms with Crippen LogP contribution in [0.25, 0.3) is 21.6 Å². The van der Waals surface area contributed by atoms with Crippen molar-refractivity contribution in [2.24, 2.45) is 0 Å². The Balaban J connectivity index is 1.72. The Hall–Kier alpha value is -3.06. The molecule has 0 saturated carbocycles. The maximum Gasteiger partial charge on any atom is 0.267 e. The fraction of sp³-hybridized carbons (Fsp3) is 0.190. The number of nitrogens with one attached hydrogen (secondary N) is 1. The number of thiazole rings is 1. The first-order valence-electron chi connectivity index (χ1n) is 8.94. The molecular formula is C21H19FN4OS. The Kier molecular flexibility index (Phi) is 4.68. The second-order valence-corrected chi connectivity index (χ2v) is 7.82. The first kappa shape index (κ1) is 18.3. The van der Waals surface area contributed by atoms with Gasteiger partial charge in [-0.15, -0.1) is 11.3 Å². The molecular weight excluding hydrogens is 375 g/mol. The lowest BCUT2D eigenvalue weighted by molar-refractivity contribution is 0.103. The summed E-state index contributed by atoms with van der Waals surface area (Å²) in [6.45, 7) is 6.01. The maximum atomic E-state index is 13.4. The highest BCUT2D eigenvalue weighted by atomic mass is 32.1. The van der Waals surface area contributed by atoms with E-state index in [4.69, 9.17) is 0 Å². The van der Waals surface area contributed by atoms with Crippen molar-refractivity contribution in [3.63, 3.8) is 0 Å². The fourth-order valence-electron chi connectivity index (χ4n) is 3.12. The number of carbonyl (C=O) groups excluding carboxylic acids is 1. The summed E-state index contributed by atoms with van der Waals surface area (Å²) in [5, 5.41) is 4.50. The molecule has 0 aliphatic heterocycles. The summed E-state index contributed by atoms with van der Waals surface area (Å²) in [6, 6.07) is 10.0. The highest BCUT2D eigenvalue weighted by Gasteiger charge is 2.20. The summed E-state index contributed by atoms with van der Waals surface area (Å²) in [5.74, 6) is -0.689. The van der Waals surface area contributed by atoms with E-state index in [1.54, 1.807) is 25.3 Å². The predicted octanol–water partition coefficient (Wildman–Crippen LogP) is 5.44. The van der Waals surface area contributed by atoms with Crippen molar-refractivity contribution in [2.45, 2.75) is 26.8 Å². The number of benzene rings is 1. The SMILES string of the molecule is Cc1nc(-c2cn(C(C)C)c3ncccc23)sc1C(=O)Nc1cccc(F)c1. The lowest BCUT2D eigenvalue weighted by Gasteiger charge is -2.07. The van der Waals surface area contributed by atoms with Crippen LogP contribution in [0.2, 0.25) is 0 Å². The number of nitrogens with zero attached hydrogens (tertiary/aromatic N) is 3. The lowest BCUT2D eigenvalue weighted by Crippen LogP contribution is -2.11. The maximum absolute atomic E-state index is 13.4. The molecule has 142 valence electrons. The normalized spacial score (nSPS) is 11.3. The standard InChI is InChI=1S/C21H19FN4OS/c1-12(2)26-11-17(16-8-5-9-23-19(16)26)21-24-13(3)18(28-21)20(27)25-15-7-4-6-14(22)10-15/h4-12H,1-3H3,(H,25,27). The molecule has 0 radical (unpaired) electrons. The van der Waals surface area contributed by atoms with Gasteiger partial charge in [-0.25, -0.2) is 14.4 Å². The molecule has 0 bridgehead atoms. The van der Waals surface area contributed by atoms with Crippen molar-refractivity contribution in [2.75, 3.05) is 5.32 Å². The Morgan fingerprint density at radius 3 is 2.82 bits per heavy atom. The van der Waals surface area contributed by atoms with Gasteiger partial charge in [-0.1, -0.05) is 6.07 Å². The van der Waals surface area contributed by atoms with Gasteiger partial charge in [0.15, 0.2) is 0 Å².